The summed E-state index contributed by atoms with van der Waals surface area (Å²) in [6.45, 7) is 4.36. The van der Waals surface area contributed by atoms with Crippen molar-refractivity contribution in [3.8, 4) is 11.4 Å². The number of aromatic nitrogens is 3. The molecule has 1 amide bonds. The van der Waals surface area contributed by atoms with Crippen LogP contribution in [0.5, 0.6) is 0 Å². The zero-order valence-electron chi connectivity index (χ0n) is 17.2. The molecule has 0 atom stereocenters. The minimum Gasteiger partial charge on any atom is -0.354 e. The van der Waals surface area contributed by atoms with Crippen molar-refractivity contribution in [2.75, 3.05) is 6.54 Å². The van der Waals surface area contributed by atoms with E-state index in [1.807, 2.05) is 50.3 Å². The maximum absolute atomic E-state index is 12.8. The molecule has 2 aromatic carbocycles. The summed E-state index contributed by atoms with van der Waals surface area (Å²) >= 11 is 0. The van der Waals surface area contributed by atoms with Crippen molar-refractivity contribution in [3.05, 3.63) is 88.9 Å². The molecule has 0 unspecified atom stereocenters. The van der Waals surface area contributed by atoms with Gasteiger partial charge in [-0.1, -0.05) is 30.3 Å². The van der Waals surface area contributed by atoms with Gasteiger partial charge in [0.2, 0.25) is 0 Å². The lowest BCUT2D eigenvalue weighted by Crippen LogP contribution is -2.36. The Morgan fingerprint density at radius 3 is 2.55 bits per heavy atom. The Hall–Kier alpha value is -4.13. The van der Waals surface area contributed by atoms with Crippen molar-refractivity contribution in [1.82, 2.24) is 25.4 Å². The Kier molecular flexibility index (Phi) is 4.43. The predicted octanol–water partition coefficient (Wildman–Crippen LogP) is 3.88. The van der Waals surface area contributed by atoms with Gasteiger partial charge in [0.1, 0.15) is 11.5 Å². The van der Waals surface area contributed by atoms with E-state index >= 15 is 0 Å². The molecule has 7 nitrogen and oxygen atoms in total. The first kappa shape index (κ1) is 18.9. The number of hydrazine groups is 1. The minimum atomic E-state index is -0.122. The number of ketones is 1. The van der Waals surface area contributed by atoms with Gasteiger partial charge < -0.3 is 15.4 Å². The Morgan fingerprint density at radius 1 is 1.00 bits per heavy atom. The highest BCUT2D eigenvalue weighted by atomic mass is 16.2. The number of nitrogens with one attached hydrogen (secondary N) is 3. The van der Waals surface area contributed by atoms with Crippen LogP contribution in [0, 0.1) is 13.8 Å². The van der Waals surface area contributed by atoms with Gasteiger partial charge in [-0.2, -0.15) is 0 Å². The highest BCUT2D eigenvalue weighted by Gasteiger charge is 2.25. The van der Waals surface area contributed by atoms with Crippen LogP contribution in [0.15, 0.2) is 60.8 Å². The van der Waals surface area contributed by atoms with Gasteiger partial charge in [-0.15, -0.1) is 0 Å². The lowest BCUT2D eigenvalue weighted by atomic mass is 10.0. The van der Waals surface area contributed by atoms with Crippen LogP contribution in [0.1, 0.15) is 37.7 Å². The maximum Gasteiger partial charge on any atom is 0.289 e. The van der Waals surface area contributed by atoms with E-state index in [0.29, 0.717) is 29.2 Å². The number of hydrogen-bond donors (Lipinski definition) is 3. The number of aryl methyl sites for hydroxylation is 1. The molecule has 0 bridgehead atoms. The molecule has 0 radical (unpaired) electrons. The number of amides is 1. The van der Waals surface area contributed by atoms with Gasteiger partial charge in [0.15, 0.2) is 5.78 Å². The van der Waals surface area contributed by atoms with Crippen molar-refractivity contribution in [2.24, 2.45) is 0 Å². The SMILES string of the molecule is Cc1[nH]c(C(=O)N2CC=CN2)c(C)c1-c1nc2ccc(C(=O)c3ccccc3)cc2[nH]1. The second-order valence-corrected chi connectivity index (χ2v) is 7.58. The van der Waals surface area contributed by atoms with Crippen molar-refractivity contribution in [3.63, 3.8) is 0 Å². The van der Waals surface area contributed by atoms with Crippen LogP contribution in [-0.4, -0.2) is 38.2 Å². The average Bonchev–Trinajstić information content (AvgIpc) is 3.51. The Bertz CT molecular complexity index is 1340. The molecule has 0 saturated heterocycles. The topological polar surface area (TPSA) is 93.9 Å². The van der Waals surface area contributed by atoms with E-state index in [-0.39, 0.29) is 11.7 Å². The molecule has 31 heavy (non-hydrogen) atoms. The van der Waals surface area contributed by atoms with E-state index in [0.717, 1.165) is 27.9 Å². The summed E-state index contributed by atoms with van der Waals surface area (Å²) in [7, 11) is 0. The van der Waals surface area contributed by atoms with Crippen molar-refractivity contribution in [1.29, 1.82) is 0 Å². The van der Waals surface area contributed by atoms with Gasteiger partial charge in [0, 0.05) is 28.6 Å². The molecule has 1 aliphatic heterocycles. The molecular weight excluding hydrogens is 390 g/mol. The average molecular weight is 411 g/mol. The number of imidazole rings is 1. The quantitative estimate of drug-likeness (QED) is 0.444. The standard InChI is InChI=1S/C24H21N5O2/c1-14-20(15(2)26-21(14)24(31)29-12-6-11-25-29)23-27-18-10-9-17(13-19(18)28-23)22(30)16-7-4-3-5-8-16/h3-11,13,25-26H,12H2,1-2H3,(H,27,28). The van der Waals surface area contributed by atoms with Crippen LogP contribution < -0.4 is 5.43 Å². The molecule has 1 aliphatic rings. The van der Waals surface area contributed by atoms with Gasteiger partial charge in [-0.25, -0.2) is 9.99 Å². The molecule has 3 N–H and O–H groups in total. The summed E-state index contributed by atoms with van der Waals surface area (Å²) in [5.41, 5.74) is 8.79. The fraction of sp³-hybridized carbons (Fsp3) is 0.125. The second kappa shape index (κ2) is 7.28. The van der Waals surface area contributed by atoms with E-state index in [1.165, 1.54) is 0 Å². The summed E-state index contributed by atoms with van der Waals surface area (Å²) in [6, 6.07) is 14.7. The smallest absolute Gasteiger partial charge is 0.289 e. The summed E-state index contributed by atoms with van der Waals surface area (Å²) in [6.07, 6.45) is 3.63. The number of rotatable bonds is 4. The molecule has 0 spiro atoms. The molecule has 7 heteroatoms. The number of fused-ring (bicyclic) bond motifs is 1. The van der Waals surface area contributed by atoms with Crippen molar-refractivity contribution < 1.29 is 9.59 Å². The zero-order valence-corrected chi connectivity index (χ0v) is 17.2. The number of carbonyl (C=O) groups is 2. The van der Waals surface area contributed by atoms with Crippen LogP contribution >= 0.6 is 0 Å². The summed E-state index contributed by atoms with van der Waals surface area (Å²) in [5, 5.41) is 1.54. The fourth-order valence-corrected chi connectivity index (χ4v) is 3.97. The summed E-state index contributed by atoms with van der Waals surface area (Å²) in [5.74, 6) is 0.507. The number of H-pyrrole nitrogens is 2. The molecule has 154 valence electrons. The Morgan fingerprint density at radius 2 is 1.81 bits per heavy atom. The Labute approximate surface area is 178 Å². The van der Waals surface area contributed by atoms with E-state index in [2.05, 4.69) is 15.4 Å². The highest BCUT2D eigenvalue weighted by Crippen LogP contribution is 2.30. The van der Waals surface area contributed by atoms with E-state index < -0.39 is 0 Å². The number of benzene rings is 2. The number of carbonyl (C=O) groups excluding carboxylic acids is 2. The van der Waals surface area contributed by atoms with Gasteiger partial charge in [0.25, 0.3) is 5.91 Å². The lowest BCUT2D eigenvalue weighted by molar-refractivity contribution is 0.0730. The summed E-state index contributed by atoms with van der Waals surface area (Å²) < 4.78 is 0. The van der Waals surface area contributed by atoms with Gasteiger partial charge in [-0.3, -0.25) is 9.59 Å². The third-order valence-corrected chi connectivity index (χ3v) is 5.55. The molecular formula is C24H21N5O2. The fourth-order valence-electron chi connectivity index (χ4n) is 3.97. The first-order chi connectivity index (χ1) is 15.0. The second-order valence-electron chi connectivity index (χ2n) is 7.58. The molecule has 2 aromatic heterocycles. The van der Waals surface area contributed by atoms with Gasteiger partial charge >= 0.3 is 0 Å². The number of nitrogens with zero attached hydrogens (tertiary/aromatic N) is 2. The number of aromatic amines is 2. The molecule has 4 aromatic rings. The van der Waals surface area contributed by atoms with Crippen LogP contribution in [-0.2, 0) is 0 Å². The highest BCUT2D eigenvalue weighted by molar-refractivity contribution is 6.10. The van der Waals surface area contributed by atoms with Crippen LogP contribution in [0.25, 0.3) is 22.4 Å². The van der Waals surface area contributed by atoms with E-state index in [4.69, 9.17) is 4.98 Å². The molecule has 5 rings (SSSR count). The third-order valence-electron chi connectivity index (χ3n) is 5.55. The number of hydrogen-bond acceptors (Lipinski definition) is 4. The van der Waals surface area contributed by atoms with Crippen LogP contribution in [0.4, 0.5) is 0 Å². The molecule has 0 saturated carbocycles. The van der Waals surface area contributed by atoms with Crippen molar-refractivity contribution in [2.45, 2.75) is 13.8 Å². The van der Waals surface area contributed by atoms with E-state index in [1.54, 1.807) is 29.4 Å². The first-order valence-electron chi connectivity index (χ1n) is 10.0. The largest absolute Gasteiger partial charge is 0.354 e. The summed E-state index contributed by atoms with van der Waals surface area (Å²) in [4.78, 5) is 36.8. The molecule has 0 fully saturated rings. The minimum absolute atomic E-state index is 0.0349. The monoisotopic (exact) mass is 411 g/mol. The van der Waals surface area contributed by atoms with Crippen LogP contribution in [0.3, 0.4) is 0 Å². The normalized spacial score (nSPS) is 13.0. The third kappa shape index (κ3) is 3.20. The van der Waals surface area contributed by atoms with E-state index in [9.17, 15) is 9.59 Å². The zero-order chi connectivity index (χ0) is 21.5. The van der Waals surface area contributed by atoms with Gasteiger partial charge in [0.05, 0.1) is 17.6 Å². The molecule has 3 heterocycles. The van der Waals surface area contributed by atoms with Crippen molar-refractivity contribution >= 4 is 22.7 Å². The molecule has 0 aliphatic carbocycles. The lowest BCUT2D eigenvalue weighted by Gasteiger charge is -2.15. The van der Waals surface area contributed by atoms with Crippen LogP contribution in [0.2, 0.25) is 0 Å². The maximum atomic E-state index is 12.8. The Balaban J connectivity index is 1.51. The first-order valence-corrected chi connectivity index (χ1v) is 10.0. The van der Waals surface area contributed by atoms with Gasteiger partial charge in [-0.05, 0) is 43.7 Å². The predicted molar refractivity (Wildman–Crippen MR) is 119 cm³/mol.